The number of carboxylic acids is 1. The average Bonchev–Trinajstić information content (AvgIpc) is 2.30. The molecule has 0 radical (unpaired) electrons. The van der Waals surface area contributed by atoms with Crippen LogP contribution in [0.1, 0.15) is 12.5 Å². The first kappa shape index (κ1) is 13.6. The van der Waals surface area contributed by atoms with Crippen LogP contribution in [0.2, 0.25) is 0 Å². The maximum Gasteiger partial charge on any atom is 0.325 e. The van der Waals surface area contributed by atoms with Crippen LogP contribution in [0.5, 0.6) is 11.5 Å². The average molecular weight is 251 g/mol. The van der Waals surface area contributed by atoms with E-state index in [0.717, 1.165) is 6.08 Å². The van der Waals surface area contributed by atoms with Gasteiger partial charge in [0.2, 0.25) is 5.91 Å². The molecule has 4 N–H and O–H groups in total. The number of rotatable bonds is 4. The van der Waals surface area contributed by atoms with Crippen molar-refractivity contribution >= 4 is 18.0 Å². The molecule has 6 nitrogen and oxygen atoms in total. The minimum atomic E-state index is -1.13. The van der Waals surface area contributed by atoms with Gasteiger partial charge in [-0.15, -0.1) is 0 Å². The summed E-state index contributed by atoms with van der Waals surface area (Å²) >= 11 is 0. The number of hydrogen-bond donors (Lipinski definition) is 4. The quantitative estimate of drug-likeness (QED) is 0.465. The van der Waals surface area contributed by atoms with Crippen LogP contribution in [0.25, 0.3) is 6.08 Å². The molecule has 0 aliphatic heterocycles. The van der Waals surface area contributed by atoms with Gasteiger partial charge < -0.3 is 20.6 Å². The third-order valence-corrected chi connectivity index (χ3v) is 2.16. The largest absolute Gasteiger partial charge is 0.504 e. The number of phenols is 2. The van der Waals surface area contributed by atoms with Gasteiger partial charge >= 0.3 is 5.97 Å². The highest BCUT2D eigenvalue weighted by atomic mass is 16.4. The Bertz CT molecular complexity index is 495. The summed E-state index contributed by atoms with van der Waals surface area (Å²) in [5.74, 6) is -2.23. The zero-order chi connectivity index (χ0) is 13.7. The number of carboxylic acid groups (broad SMARTS) is 1. The Hall–Kier alpha value is -2.50. The molecule has 1 amide bonds. The summed E-state index contributed by atoms with van der Waals surface area (Å²) in [6.07, 6.45) is 2.54. The molecule has 0 fully saturated rings. The van der Waals surface area contributed by atoms with Gasteiger partial charge in [0.25, 0.3) is 0 Å². The second kappa shape index (κ2) is 5.72. The topological polar surface area (TPSA) is 107 Å². The van der Waals surface area contributed by atoms with Crippen LogP contribution in [0.15, 0.2) is 24.3 Å². The molecule has 0 aliphatic carbocycles. The maximum atomic E-state index is 11.3. The fourth-order valence-electron chi connectivity index (χ4n) is 1.14. The Morgan fingerprint density at radius 2 is 1.94 bits per heavy atom. The van der Waals surface area contributed by atoms with Gasteiger partial charge in [-0.2, -0.15) is 0 Å². The second-order valence-corrected chi connectivity index (χ2v) is 3.65. The molecule has 0 aliphatic rings. The molecule has 1 aromatic rings. The SMILES string of the molecule is C[C@@H](NC(=O)C=Cc1ccc(O)c(O)c1)C(=O)O. The molecular formula is C12H13NO5. The van der Waals surface area contributed by atoms with E-state index in [-0.39, 0.29) is 11.5 Å². The third kappa shape index (κ3) is 3.82. The number of benzene rings is 1. The Balaban J connectivity index is 2.66. The summed E-state index contributed by atoms with van der Waals surface area (Å²) in [6.45, 7) is 1.35. The first-order valence-electron chi connectivity index (χ1n) is 5.13. The fourth-order valence-corrected chi connectivity index (χ4v) is 1.14. The van der Waals surface area contributed by atoms with E-state index in [9.17, 15) is 14.7 Å². The second-order valence-electron chi connectivity index (χ2n) is 3.65. The molecule has 0 saturated carbocycles. The number of aliphatic carboxylic acids is 1. The summed E-state index contributed by atoms with van der Waals surface area (Å²) < 4.78 is 0. The molecule has 1 rings (SSSR count). The van der Waals surface area contributed by atoms with Gasteiger partial charge in [-0.05, 0) is 30.7 Å². The lowest BCUT2D eigenvalue weighted by atomic mass is 10.2. The number of hydrogen-bond acceptors (Lipinski definition) is 4. The number of nitrogens with one attached hydrogen (secondary N) is 1. The van der Waals surface area contributed by atoms with E-state index in [1.54, 1.807) is 0 Å². The number of phenolic OH excluding ortho intramolecular Hbond substituents is 2. The Morgan fingerprint density at radius 1 is 1.28 bits per heavy atom. The zero-order valence-electron chi connectivity index (χ0n) is 9.62. The highest BCUT2D eigenvalue weighted by molar-refractivity contribution is 5.94. The number of amides is 1. The predicted octanol–water partition coefficient (Wildman–Crippen LogP) is 0.700. The minimum Gasteiger partial charge on any atom is -0.504 e. The molecular weight excluding hydrogens is 238 g/mol. The molecule has 0 bridgehead atoms. The van der Waals surface area contributed by atoms with Crippen molar-refractivity contribution in [3.8, 4) is 11.5 Å². The van der Waals surface area contributed by atoms with Gasteiger partial charge in [-0.1, -0.05) is 6.07 Å². The lowest BCUT2D eigenvalue weighted by molar-refractivity contribution is -0.140. The standard InChI is InChI=1S/C12H13NO5/c1-7(12(17)18)13-11(16)5-3-8-2-4-9(14)10(15)6-8/h2-7,14-15H,1H3,(H,13,16)(H,17,18)/t7-/m1/s1. The highest BCUT2D eigenvalue weighted by Crippen LogP contribution is 2.25. The van der Waals surface area contributed by atoms with E-state index >= 15 is 0 Å². The minimum absolute atomic E-state index is 0.254. The van der Waals surface area contributed by atoms with E-state index in [1.165, 1.54) is 31.2 Å². The van der Waals surface area contributed by atoms with Crippen LogP contribution in [0.3, 0.4) is 0 Å². The van der Waals surface area contributed by atoms with Gasteiger partial charge in [0, 0.05) is 6.08 Å². The van der Waals surface area contributed by atoms with Crippen molar-refractivity contribution in [2.24, 2.45) is 0 Å². The smallest absolute Gasteiger partial charge is 0.325 e. The molecule has 0 heterocycles. The third-order valence-electron chi connectivity index (χ3n) is 2.16. The van der Waals surface area contributed by atoms with Gasteiger partial charge in [0.05, 0.1) is 0 Å². The summed E-state index contributed by atoms with van der Waals surface area (Å²) in [5.41, 5.74) is 0.503. The van der Waals surface area contributed by atoms with Crippen molar-refractivity contribution in [1.82, 2.24) is 5.32 Å². The predicted molar refractivity (Wildman–Crippen MR) is 64.0 cm³/mol. The summed E-state index contributed by atoms with van der Waals surface area (Å²) in [5, 5.41) is 29.1. The molecule has 0 aromatic heterocycles. The van der Waals surface area contributed by atoms with Crippen LogP contribution in [0.4, 0.5) is 0 Å². The summed E-state index contributed by atoms with van der Waals surface area (Å²) in [4.78, 5) is 21.8. The van der Waals surface area contributed by atoms with E-state index in [2.05, 4.69) is 5.32 Å². The van der Waals surface area contributed by atoms with Crippen molar-refractivity contribution in [3.05, 3.63) is 29.8 Å². The van der Waals surface area contributed by atoms with Crippen molar-refractivity contribution < 1.29 is 24.9 Å². The van der Waals surface area contributed by atoms with Gasteiger partial charge in [-0.25, -0.2) is 0 Å². The van der Waals surface area contributed by atoms with Crippen LogP contribution in [-0.4, -0.2) is 33.2 Å². The normalized spacial score (nSPS) is 12.3. The molecule has 18 heavy (non-hydrogen) atoms. The fraction of sp³-hybridized carbons (Fsp3) is 0.167. The van der Waals surface area contributed by atoms with Gasteiger partial charge in [-0.3, -0.25) is 9.59 Å². The van der Waals surface area contributed by atoms with Crippen molar-refractivity contribution in [3.63, 3.8) is 0 Å². The first-order valence-corrected chi connectivity index (χ1v) is 5.13. The lowest BCUT2D eigenvalue weighted by Gasteiger charge is -2.06. The van der Waals surface area contributed by atoms with E-state index in [4.69, 9.17) is 10.2 Å². The first-order chi connectivity index (χ1) is 8.40. The summed E-state index contributed by atoms with van der Waals surface area (Å²) in [6, 6.07) is 3.08. The van der Waals surface area contributed by atoms with Crippen LogP contribution < -0.4 is 5.32 Å². The Labute approximate surface area is 103 Å². The Kier molecular flexibility index (Phi) is 4.31. The molecule has 1 atom stereocenters. The molecule has 0 saturated heterocycles. The number of carbonyl (C=O) groups is 2. The maximum absolute atomic E-state index is 11.3. The van der Waals surface area contributed by atoms with Gasteiger partial charge in [0.15, 0.2) is 11.5 Å². The highest BCUT2D eigenvalue weighted by Gasteiger charge is 2.11. The molecule has 6 heteroatoms. The number of aromatic hydroxyl groups is 2. The zero-order valence-corrected chi connectivity index (χ0v) is 9.62. The van der Waals surface area contributed by atoms with E-state index in [0.29, 0.717) is 5.56 Å². The number of carbonyl (C=O) groups excluding carboxylic acids is 1. The van der Waals surface area contributed by atoms with Crippen molar-refractivity contribution in [1.29, 1.82) is 0 Å². The molecule has 0 spiro atoms. The molecule has 0 unspecified atom stereocenters. The molecule has 96 valence electrons. The van der Waals surface area contributed by atoms with Crippen LogP contribution in [0, 0.1) is 0 Å². The summed E-state index contributed by atoms with van der Waals surface area (Å²) in [7, 11) is 0. The van der Waals surface area contributed by atoms with Crippen molar-refractivity contribution in [2.45, 2.75) is 13.0 Å². The van der Waals surface area contributed by atoms with Crippen molar-refractivity contribution in [2.75, 3.05) is 0 Å². The lowest BCUT2D eigenvalue weighted by Crippen LogP contribution is -2.37. The van der Waals surface area contributed by atoms with Crippen LogP contribution >= 0.6 is 0 Å². The van der Waals surface area contributed by atoms with E-state index in [1.807, 2.05) is 0 Å². The monoisotopic (exact) mass is 251 g/mol. The molecule has 1 aromatic carbocycles. The van der Waals surface area contributed by atoms with Gasteiger partial charge in [0.1, 0.15) is 6.04 Å². The van der Waals surface area contributed by atoms with Crippen LogP contribution in [-0.2, 0) is 9.59 Å². The van der Waals surface area contributed by atoms with E-state index < -0.39 is 17.9 Å². The Morgan fingerprint density at radius 3 is 2.50 bits per heavy atom.